The van der Waals surface area contributed by atoms with Crippen molar-refractivity contribution < 1.29 is 23.8 Å². The number of hydrogen-bond acceptors (Lipinski definition) is 5. The Kier molecular flexibility index (Phi) is 4.67. The normalized spacial score (nSPS) is 28.4. The molecular formula is C19H23FN2O4. The summed E-state index contributed by atoms with van der Waals surface area (Å²) in [5.41, 5.74) is -1.53. The molecule has 0 spiro atoms. The highest BCUT2D eigenvalue weighted by Crippen LogP contribution is 2.42. The number of morpholine rings is 1. The van der Waals surface area contributed by atoms with Crippen LogP contribution in [0.2, 0.25) is 0 Å². The van der Waals surface area contributed by atoms with Gasteiger partial charge in [-0.3, -0.25) is 4.90 Å². The molecule has 7 heteroatoms. The number of fused-ring (bicyclic) bond motifs is 2. The summed E-state index contributed by atoms with van der Waals surface area (Å²) in [4.78, 5) is 14.2. The van der Waals surface area contributed by atoms with Gasteiger partial charge >= 0.3 is 6.09 Å². The molecule has 0 radical (unpaired) electrons. The first kappa shape index (κ1) is 18.6. The van der Waals surface area contributed by atoms with E-state index < -0.39 is 35.2 Å². The van der Waals surface area contributed by atoms with E-state index in [-0.39, 0.29) is 37.2 Å². The summed E-state index contributed by atoms with van der Waals surface area (Å²) in [6.07, 6.45) is -0.139. The molecule has 2 aliphatic heterocycles. The van der Waals surface area contributed by atoms with E-state index in [0.717, 1.165) is 0 Å². The van der Waals surface area contributed by atoms with Crippen molar-refractivity contribution >= 4 is 6.09 Å². The Morgan fingerprint density at radius 3 is 2.54 bits per heavy atom. The molecule has 2 unspecified atom stereocenters. The van der Waals surface area contributed by atoms with Crippen molar-refractivity contribution in [3.63, 3.8) is 0 Å². The van der Waals surface area contributed by atoms with Crippen LogP contribution in [0.25, 0.3) is 0 Å². The number of carbonyl (C=O) groups is 1. The van der Waals surface area contributed by atoms with E-state index in [9.17, 15) is 19.6 Å². The van der Waals surface area contributed by atoms with Crippen LogP contribution in [-0.2, 0) is 15.1 Å². The van der Waals surface area contributed by atoms with Crippen molar-refractivity contribution in [1.29, 1.82) is 5.26 Å². The molecular weight excluding hydrogens is 339 g/mol. The Balaban J connectivity index is 1.91. The molecule has 2 fully saturated rings. The van der Waals surface area contributed by atoms with Crippen LogP contribution in [-0.4, -0.2) is 47.0 Å². The van der Waals surface area contributed by atoms with E-state index in [2.05, 4.69) is 0 Å². The maximum Gasteiger partial charge on any atom is 0.410 e. The lowest BCUT2D eigenvalue weighted by molar-refractivity contribution is -0.141. The van der Waals surface area contributed by atoms with Gasteiger partial charge in [-0.25, -0.2) is 9.18 Å². The standard InChI is InChI=1S/C19H23FN2O4/c1-18(2,3)26-17(23)22-14-7-19(24,8-15(22)11-25-10-14)16-6-13(20)5-4-12(16)9-21/h4-6,14-15,24H,7-8,10-11H2,1-3H3. The maximum absolute atomic E-state index is 13.8. The minimum atomic E-state index is -1.40. The maximum atomic E-state index is 13.8. The van der Waals surface area contributed by atoms with E-state index in [0.29, 0.717) is 0 Å². The first-order chi connectivity index (χ1) is 12.1. The summed E-state index contributed by atoms with van der Waals surface area (Å²) in [5, 5.41) is 20.6. The van der Waals surface area contributed by atoms with Crippen molar-refractivity contribution in [2.45, 2.75) is 56.9 Å². The highest BCUT2D eigenvalue weighted by Gasteiger charge is 2.50. The number of nitrogens with zero attached hydrogens (tertiary/aromatic N) is 2. The van der Waals surface area contributed by atoms with Gasteiger partial charge in [0.2, 0.25) is 0 Å². The number of hydrogen-bond donors (Lipinski definition) is 1. The number of rotatable bonds is 1. The zero-order valence-corrected chi connectivity index (χ0v) is 15.2. The van der Waals surface area contributed by atoms with Gasteiger partial charge in [-0.2, -0.15) is 5.26 Å². The SMILES string of the molecule is CC(C)(C)OC(=O)N1C2COCC1CC(O)(c1cc(F)ccc1C#N)C2. The fourth-order valence-electron chi connectivity index (χ4n) is 3.81. The van der Waals surface area contributed by atoms with E-state index in [1.807, 2.05) is 6.07 Å². The van der Waals surface area contributed by atoms with Crippen LogP contribution in [0.3, 0.4) is 0 Å². The zero-order valence-electron chi connectivity index (χ0n) is 15.2. The minimum Gasteiger partial charge on any atom is -0.444 e. The first-order valence-electron chi connectivity index (χ1n) is 8.64. The molecule has 0 aliphatic carbocycles. The molecule has 1 amide bonds. The van der Waals surface area contributed by atoms with Gasteiger partial charge in [0.15, 0.2) is 0 Å². The molecule has 26 heavy (non-hydrogen) atoms. The van der Waals surface area contributed by atoms with Crippen LogP contribution in [0.5, 0.6) is 0 Å². The van der Waals surface area contributed by atoms with Crippen LogP contribution in [0, 0.1) is 17.1 Å². The molecule has 2 heterocycles. The van der Waals surface area contributed by atoms with Crippen molar-refractivity contribution in [2.24, 2.45) is 0 Å². The number of halogens is 1. The lowest BCUT2D eigenvalue weighted by Crippen LogP contribution is -2.63. The molecule has 6 nitrogen and oxygen atoms in total. The number of piperidine rings is 1. The Morgan fingerprint density at radius 2 is 2.00 bits per heavy atom. The summed E-state index contributed by atoms with van der Waals surface area (Å²) in [6, 6.07) is 4.98. The third-order valence-corrected chi connectivity index (χ3v) is 4.76. The van der Waals surface area contributed by atoms with Crippen LogP contribution in [0.15, 0.2) is 18.2 Å². The molecule has 0 aromatic heterocycles. The third-order valence-electron chi connectivity index (χ3n) is 4.76. The highest BCUT2D eigenvalue weighted by molar-refractivity contribution is 5.69. The van der Waals surface area contributed by atoms with Gasteiger partial charge in [0.05, 0.1) is 42.5 Å². The molecule has 1 aromatic rings. The molecule has 2 atom stereocenters. The van der Waals surface area contributed by atoms with E-state index in [1.165, 1.54) is 18.2 Å². The average Bonchev–Trinajstić information content (AvgIpc) is 2.52. The summed E-state index contributed by atoms with van der Waals surface area (Å²) < 4.78 is 24.8. The minimum absolute atomic E-state index is 0.154. The summed E-state index contributed by atoms with van der Waals surface area (Å²) in [6.45, 7) is 5.90. The second-order valence-electron chi connectivity index (χ2n) is 7.97. The number of carbonyl (C=O) groups excluding carboxylic acids is 1. The average molecular weight is 362 g/mol. The van der Waals surface area contributed by atoms with Gasteiger partial charge in [-0.15, -0.1) is 0 Å². The Hall–Kier alpha value is -2.17. The fourth-order valence-corrected chi connectivity index (χ4v) is 3.81. The second kappa shape index (κ2) is 6.53. The van der Waals surface area contributed by atoms with Gasteiger partial charge in [-0.05, 0) is 39.0 Å². The lowest BCUT2D eigenvalue weighted by Gasteiger charge is -2.51. The smallest absolute Gasteiger partial charge is 0.410 e. The lowest BCUT2D eigenvalue weighted by atomic mass is 9.75. The quantitative estimate of drug-likeness (QED) is 0.830. The monoisotopic (exact) mass is 362 g/mol. The summed E-state index contributed by atoms with van der Waals surface area (Å²) in [5.74, 6) is -0.511. The van der Waals surface area contributed by atoms with Crippen LogP contribution < -0.4 is 0 Å². The van der Waals surface area contributed by atoms with Crippen LogP contribution >= 0.6 is 0 Å². The van der Waals surface area contributed by atoms with Crippen molar-refractivity contribution in [3.05, 3.63) is 35.1 Å². The first-order valence-corrected chi connectivity index (χ1v) is 8.64. The number of amides is 1. The molecule has 2 bridgehead atoms. The van der Waals surface area contributed by atoms with E-state index >= 15 is 0 Å². The molecule has 140 valence electrons. The highest BCUT2D eigenvalue weighted by atomic mass is 19.1. The number of nitriles is 1. The van der Waals surface area contributed by atoms with Crippen molar-refractivity contribution in [2.75, 3.05) is 13.2 Å². The number of ether oxygens (including phenoxy) is 2. The number of aliphatic hydroxyl groups is 1. The van der Waals surface area contributed by atoms with Gasteiger partial charge in [0.25, 0.3) is 0 Å². The number of benzene rings is 1. The summed E-state index contributed by atoms with van der Waals surface area (Å²) >= 11 is 0. The van der Waals surface area contributed by atoms with Gasteiger partial charge in [0, 0.05) is 18.4 Å². The van der Waals surface area contributed by atoms with Gasteiger partial charge in [0.1, 0.15) is 11.4 Å². The Labute approximate surface area is 152 Å². The fraction of sp³-hybridized carbons (Fsp3) is 0.579. The van der Waals surface area contributed by atoms with Gasteiger partial charge in [-0.1, -0.05) is 0 Å². The van der Waals surface area contributed by atoms with E-state index in [1.54, 1.807) is 25.7 Å². The molecule has 2 aliphatic rings. The Morgan fingerprint density at radius 1 is 1.38 bits per heavy atom. The second-order valence-corrected chi connectivity index (χ2v) is 7.97. The van der Waals surface area contributed by atoms with Gasteiger partial charge < -0.3 is 14.6 Å². The van der Waals surface area contributed by atoms with Crippen LogP contribution in [0.4, 0.5) is 9.18 Å². The molecule has 1 N–H and O–H groups in total. The molecule has 1 aromatic carbocycles. The largest absolute Gasteiger partial charge is 0.444 e. The summed E-state index contributed by atoms with van der Waals surface area (Å²) in [7, 11) is 0. The van der Waals surface area contributed by atoms with Crippen molar-refractivity contribution in [3.8, 4) is 6.07 Å². The zero-order chi connectivity index (χ0) is 19.1. The predicted molar refractivity (Wildman–Crippen MR) is 90.7 cm³/mol. The molecule has 0 saturated carbocycles. The molecule has 2 saturated heterocycles. The van der Waals surface area contributed by atoms with Crippen LogP contribution in [0.1, 0.15) is 44.7 Å². The van der Waals surface area contributed by atoms with E-state index in [4.69, 9.17) is 9.47 Å². The predicted octanol–water partition coefficient (Wildman–Crippen LogP) is 2.68. The third kappa shape index (κ3) is 3.53. The molecule has 3 rings (SSSR count). The topological polar surface area (TPSA) is 82.8 Å². The Bertz CT molecular complexity index is 739. The van der Waals surface area contributed by atoms with Crippen molar-refractivity contribution in [1.82, 2.24) is 4.90 Å².